The van der Waals surface area contributed by atoms with Gasteiger partial charge in [0.25, 0.3) is 5.91 Å². The van der Waals surface area contributed by atoms with Crippen molar-refractivity contribution in [3.8, 4) is 6.07 Å². The summed E-state index contributed by atoms with van der Waals surface area (Å²) in [6.45, 7) is 1.49. The Morgan fingerprint density at radius 1 is 1.35 bits per heavy atom. The number of rotatable bonds is 1. The summed E-state index contributed by atoms with van der Waals surface area (Å²) in [5.74, 6) is -0.765. The maximum Gasteiger partial charge on any atom is 0.263 e. The summed E-state index contributed by atoms with van der Waals surface area (Å²) in [7, 11) is 0. The number of nitrogens with one attached hydrogen (secondary N) is 1. The number of pyridine rings is 1. The zero-order valence-corrected chi connectivity index (χ0v) is 9.10. The molecule has 0 saturated carbocycles. The van der Waals surface area contributed by atoms with Gasteiger partial charge in [0.1, 0.15) is 17.7 Å². The van der Waals surface area contributed by atoms with E-state index in [2.05, 4.69) is 10.3 Å². The van der Waals surface area contributed by atoms with E-state index in [1.807, 2.05) is 0 Å². The number of nitrogens with zero attached hydrogens (tertiary/aromatic N) is 2. The van der Waals surface area contributed by atoms with Gasteiger partial charge in [0.2, 0.25) is 0 Å². The van der Waals surface area contributed by atoms with Crippen LogP contribution in [-0.2, 0) is 9.59 Å². The predicted molar refractivity (Wildman–Crippen MR) is 58.4 cm³/mol. The molecule has 1 atom stereocenters. The summed E-state index contributed by atoms with van der Waals surface area (Å²) in [5, 5.41) is 11.3. The molecule has 2 rings (SSSR count). The number of Topliss-reactive ketones (excluding diaryl/α,β-unsaturated/α-hetero) is 1. The van der Waals surface area contributed by atoms with Gasteiger partial charge in [-0.2, -0.15) is 5.26 Å². The maximum absolute atomic E-state index is 12.0. The van der Waals surface area contributed by atoms with Crippen LogP contribution in [0.5, 0.6) is 0 Å². The van der Waals surface area contributed by atoms with Crippen LogP contribution < -0.4 is 5.32 Å². The molecule has 5 nitrogen and oxygen atoms in total. The quantitative estimate of drug-likeness (QED) is 0.764. The second-order valence-electron chi connectivity index (χ2n) is 3.66. The highest BCUT2D eigenvalue weighted by Gasteiger charge is 2.32. The standard InChI is InChI=1S/C12H9N3O2/c1-7-9(6-13)12(17)15-10(11(7)16)8-2-4-14-5-3-8/h2-5,10H,1H3,(H,15,17). The number of carbonyl (C=O) groups excluding carboxylic acids is 2. The summed E-state index contributed by atoms with van der Waals surface area (Å²) < 4.78 is 0. The molecule has 5 heteroatoms. The normalized spacial score (nSPS) is 19.9. The molecule has 0 spiro atoms. The average Bonchev–Trinajstić information content (AvgIpc) is 2.35. The van der Waals surface area contributed by atoms with Gasteiger partial charge < -0.3 is 5.32 Å². The summed E-state index contributed by atoms with van der Waals surface area (Å²) in [6, 6.07) is 4.34. The highest BCUT2D eigenvalue weighted by molar-refractivity contribution is 6.14. The third kappa shape index (κ3) is 1.81. The summed E-state index contributed by atoms with van der Waals surface area (Å²) >= 11 is 0. The Morgan fingerprint density at radius 2 is 2.00 bits per heavy atom. The van der Waals surface area contributed by atoms with Gasteiger partial charge in [-0.25, -0.2) is 0 Å². The molecule has 0 aromatic carbocycles. The molecular formula is C12H9N3O2. The lowest BCUT2D eigenvalue weighted by molar-refractivity contribution is -0.125. The highest BCUT2D eigenvalue weighted by atomic mass is 16.2. The lowest BCUT2D eigenvalue weighted by atomic mass is 9.92. The lowest BCUT2D eigenvalue weighted by Gasteiger charge is -2.23. The molecule has 1 aromatic rings. The minimum absolute atomic E-state index is 0.111. The van der Waals surface area contributed by atoms with Gasteiger partial charge in [-0.3, -0.25) is 14.6 Å². The van der Waals surface area contributed by atoms with Crippen LogP contribution >= 0.6 is 0 Å². The fourth-order valence-electron chi connectivity index (χ4n) is 1.70. The first kappa shape index (κ1) is 11.0. The topological polar surface area (TPSA) is 82.8 Å². The fourth-order valence-corrected chi connectivity index (χ4v) is 1.70. The van der Waals surface area contributed by atoms with Crippen molar-refractivity contribution in [3.05, 3.63) is 41.2 Å². The van der Waals surface area contributed by atoms with Crippen molar-refractivity contribution in [1.29, 1.82) is 5.26 Å². The van der Waals surface area contributed by atoms with E-state index >= 15 is 0 Å². The van der Waals surface area contributed by atoms with E-state index in [-0.39, 0.29) is 16.9 Å². The van der Waals surface area contributed by atoms with Crippen LogP contribution in [0.1, 0.15) is 18.5 Å². The molecule has 1 aliphatic heterocycles. The number of amides is 1. The molecule has 0 saturated heterocycles. The van der Waals surface area contributed by atoms with Crippen molar-refractivity contribution in [2.45, 2.75) is 13.0 Å². The van der Waals surface area contributed by atoms with Crippen molar-refractivity contribution in [2.75, 3.05) is 0 Å². The molecule has 0 bridgehead atoms. The Labute approximate surface area is 97.8 Å². The van der Waals surface area contributed by atoms with Gasteiger partial charge >= 0.3 is 0 Å². The second-order valence-corrected chi connectivity index (χ2v) is 3.66. The first-order chi connectivity index (χ1) is 8.15. The maximum atomic E-state index is 12.0. The Morgan fingerprint density at radius 3 is 2.59 bits per heavy atom. The number of hydrogen-bond donors (Lipinski definition) is 1. The Bertz CT molecular complexity index is 555. The number of carbonyl (C=O) groups is 2. The number of aromatic nitrogens is 1. The van der Waals surface area contributed by atoms with Gasteiger partial charge in [-0.1, -0.05) is 0 Å². The number of ketones is 1. The van der Waals surface area contributed by atoms with Gasteiger partial charge in [0, 0.05) is 18.0 Å². The number of nitriles is 1. The molecule has 1 unspecified atom stereocenters. The monoisotopic (exact) mass is 227 g/mol. The molecule has 17 heavy (non-hydrogen) atoms. The van der Waals surface area contributed by atoms with E-state index in [0.717, 1.165) is 0 Å². The van der Waals surface area contributed by atoms with Crippen LogP contribution in [0.15, 0.2) is 35.7 Å². The summed E-state index contributed by atoms with van der Waals surface area (Å²) in [4.78, 5) is 27.4. The zero-order chi connectivity index (χ0) is 12.4. The van der Waals surface area contributed by atoms with E-state index in [4.69, 9.17) is 5.26 Å². The smallest absolute Gasteiger partial charge is 0.263 e. The fraction of sp³-hybridized carbons (Fsp3) is 0.167. The molecular weight excluding hydrogens is 218 g/mol. The highest BCUT2D eigenvalue weighted by Crippen LogP contribution is 2.23. The van der Waals surface area contributed by atoms with Gasteiger partial charge in [-0.05, 0) is 24.6 Å². The largest absolute Gasteiger partial charge is 0.337 e. The van der Waals surface area contributed by atoms with Crippen LogP contribution in [-0.4, -0.2) is 16.7 Å². The molecule has 1 aliphatic rings. The number of hydrogen-bond acceptors (Lipinski definition) is 4. The van der Waals surface area contributed by atoms with Crippen LogP contribution in [0, 0.1) is 11.3 Å². The molecule has 1 amide bonds. The van der Waals surface area contributed by atoms with E-state index < -0.39 is 11.9 Å². The van der Waals surface area contributed by atoms with Crippen LogP contribution in [0.4, 0.5) is 0 Å². The zero-order valence-electron chi connectivity index (χ0n) is 9.10. The minimum atomic E-state index is -0.720. The van der Waals surface area contributed by atoms with Crippen molar-refractivity contribution in [1.82, 2.24) is 10.3 Å². The third-order valence-corrected chi connectivity index (χ3v) is 2.66. The molecule has 1 N–H and O–H groups in total. The van der Waals surface area contributed by atoms with E-state index in [0.29, 0.717) is 5.56 Å². The second kappa shape index (κ2) is 4.18. The Hall–Kier alpha value is -2.48. The van der Waals surface area contributed by atoms with Crippen molar-refractivity contribution in [2.24, 2.45) is 0 Å². The summed E-state index contributed by atoms with van der Waals surface area (Å²) in [5.41, 5.74) is 0.757. The first-order valence-electron chi connectivity index (χ1n) is 5.01. The molecule has 84 valence electrons. The molecule has 1 aromatic heterocycles. The molecule has 0 radical (unpaired) electrons. The van der Waals surface area contributed by atoms with Crippen molar-refractivity contribution >= 4 is 11.7 Å². The van der Waals surface area contributed by atoms with Crippen molar-refractivity contribution in [3.63, 3.8) is 0 Å². The van der Waals surface area contributed by atoms with Crippen LogP contribution in [0.3, 0.4) is 0 Å². The van der Waals surface area contributed by atoms with Crippen LogP contribution in [0.25, 0.3) is 0 Å². The summed E-state index contributed by atoms with van der Waals surface area (Å²) in [6.07, 6.45) is 3.10. The van der Waals surface area contributed by atoms with Crippen LogP contribution in [0.2, 0.25) is 0 Å². The van der Waals surface area contributed by atoms with E-state index in [1.165, 1.54) is 6.92 Å². The third-order valence-electron chi connectivity index (χ3n) is 2.66. The molecule has 0 aliphatic carbocycles. The van der Waals surface area contributed by atoms with Gasteiger partial charge in [0.05, 0.1) is 0 Å². The Kier molecular flexibility index (Phi) is 2.71. The first-order valence-corrected chi connectivity index (χ1v) is 5.01. The Balaban J connectivity index is 2.44. The predicted octanol–water partition coefficient (Wildman–Crippen LogP) is 0.662. The van der Waals surface area contributed by atoms with E-state index in [9.17, 15) is 9.59 Å². The molecule has 0 fully saturated rings. The molecule has 2 heterocycles. The minimum Gasteiger partial charge on any atom is -0.337 e. The van der Waals surface area contributed by atoms with E-state index in [1.54, 1.807) is 30.6 Å². The average molecular weight is 227 g/mol. The van der Waals surface area contributed by atoms with Gasteiger partial charge in [-0.15, -0.1) is 0 Å². The van der Waals surface area contributed by atoms with Crippen molar-refractivity contribution < 1.29 is 9.59 Å². The lowest BCUT2D eigenvalue weighted by Crippen LogP contribution is -2.40. The van der Waals surface area contributed by atoms with Gasteiger partial charge in [0.15, 0.2) is 5.78 Å². The SMILES string of the molecule is CC1=C(C#N)C(=O)NC(c2ccncc2)C1=O.